The molecule has 2 aromatic carbocycles. The van der Waals surface area contributed by atoms with Crippen molar-refractivity contribution >= 4 is 24.4 Å². The molecule has 1 heterocycles. The average molecular weight is 340 g/mol. The topological polar surface area (TPSA) is 49.4 Å². The van der Waals surface area contributed by atoms with Crippen LogP contribution in [0, 0.1) is 0 Å². The summed E-state index contributed by atoms with van der Waals surface area (Å²) in [5, 5.41) is 2.92. The van der Waals surface area contributed by atoms with E-state index in [2.05, 4.69) is 17.9 Å². The highest BCUT2D eigenvalue weighted by Gasteiger charge is 2.36. The van der Waals surface area contributed by atoms with Gasteiger partial charge in [0.05, 0.1) is 6.04 Å². The lowest BCUT2D eigenvalue weighted by atomic mass is 10.0. The predicted octanol–water partition coefficient (Wildman–Crippen LogP) is 2.82. The number of amides is 2. The summed E-state index contributed by atoms with van der Waals surface area (Å²) in [5.74, 6) is 0.490. The molecular formula is C19H20N2O2S. The first-order valence-electron chi connectivity index (χ1n) is 8.02. The zero-order chi connectivity index (χ0) is 16.9. The molecule has 2 aromatic rings. The Morgan fingerprint density at radius 1 is 1.08 bits per heavy atom. The number of benzene rings is 2. The van der Waals surface area contributed by atoms with Crippen molar-refractivity contribution in [2.45, 2.75) is 19.0 Å². The van der Waals surface area contributed by atoms with Gasteiger partial charge < -0.3 is 10.2 Å². The van der Waals surface area contributed by atoms with Crippen LogP contribution in [-0.2, 0) is 11.3 Å². The molecule has 1 N–H and O–H groups in total. The van der Waals surface area contributed by atoms with Crippen LogP contribution in [-0.4, -0.2) is 29.0 Å². The van der Waals surface area contributed by atoms with Gasteiger partial charge in [-0.05, 0) is 22.9 Å². The van der Waals surface area contributed by atoms with Crippen molar-refractivity contribution in [2.24, 2.45) is 0 Å². The third-order valence-corrected chi connectivity index (χ3v) is 4.44. The van der Waals surface area contributed by atoms with Crippen LogP contribution in [0.15, 0.2) is 54.6 Å². The lowest BCUT2D eigenvalue weighted by Crippen LogP contribution is -2.36. The molecule has 1 aliphatic heterocycles. The van der Waals surface area contributed by atoms with Gasteiger partial charge in [-0.3, -0.25) is 9.59 Å². The van der Waals surface area contributed by atoms with Crippen molar-refractivity contribution in [3.8, 4) is 0 Å². The molecule has 0 aromatic heterocycles. The van der Waals surface area contributed by atoms with E-state index in [1.54, 1.807) is 0 Å². The first kappa shape index (κ1) is 16.6. The molecule has 1 unspecified atom stereocenters. The van der Waals surface area contributed by atoms with Gasteiger partial charge in [-0.2, -0.15) is 12.6 Å². The molecule has 0 bridgehead atoms. The summed E-state index contributed by atoms with van der Waals surface area (Å²) in [4.78, 5) is 26.4. The highest BCUT2D eigenvalue weighted by Crippen LogP contribution is 2.34. The second kappa shape index (κ2) is 7.53. The van der Waals surface area contributed by atoms with Crippen molar-refractivity contribution in [3.63, 3.8) is 0 Å². The summed E-state index contributed by atoms with van der Waals surface area (Å²) < 4.78 is 0. The van der Waals surface area contributed by atoms with E-state index in [9.17, 15) is 9.59 Å². The van der Waals surface area contributed by atoms with Gasteiger partial charge in [0, 0.05) is 25.1 Å². The molecule has 0 fully saturated rings. The highest BCUT2D eigenvalue weighted by molar-refractivity contribution is 7.80. The minimum Gasteiger partial charge on any atom is -0.354 e. The summed E-state index contributed by atoms with van der Waals surface area (Å²) in [6.45, 7) is 0.948. The van der Waals surface area contributed by atoms with E-state index in [0.717, 1.165) is 16.7 Å². The van der Waals surface area contributed by atoms with Crippen molar-refractivity contribution in [3.05, 3.63) is 71.3 Å². The number of nitrogens with zero attached hydrogens (tertiary/aromatic N) is 1. The van der Waals surface area contributed by atoms with E-state index in [1.165, 1.54) is 0 Å². The molecule has 24 heavy (non-hydrogen) atoms. The van der Waals surface area contributed by atoms with Crippen LogP contribution in [0.25, 0.3) is 0 Å². The molecule has 1 aliphatic rings. The van der Waals surface area contributed by atoms with Crippen LogP contribution in [0.3, 0.4) is 0 Å². The van der Waals surface area contributed by atoms with Gasteiger partial charge in [0.15, 0.2) is 0 Å². The zero-order valence-corrected chi connectivity index (χ0v) is 14.2. The van der Waals surface area contributed by atoms with Gasteiger partial charge in [0.25, 0.3) is 5.91 Å². The van der Waals surface area contributed by atoms with E-state index < -0.39 is 0 Å². The Kier molecular flexibility index (Phi) is 5.20. The quantitative estimate of drug-likeness (QED) is 0.795. The Balaban J connectivity index is 1.82. The van der Waals surface area contributed by atoms with Gasteiger partial charge in [-0.15, -0.1) is 0 Å². The maximum absolute atomic E-state index is 12.8. The zero-order valence-electron chi connectivity index (χ0n) is 13.3. The fourth-order valence-electron chi connectivity index (χ4n) is 3.03. The molecular weight excluding hydrogens is 320 g/mol. The molecule has 0 radical (unpaired) electrons. The van der Waals surface area contributed by atoms with Crippen LogP contribution in [0.5, 0.6) is 0 Å². The normalized spacial score (nSPS) is 16.1. The standard InChI is InChI=1S/C19H20N2O2S/c22-18(10-11-24)20-12-17-15-8-4-5-9-16(15)19(23)21(17)13-14-6-2-1-3-7-14/h1-9,17,24H,10-13H2,(H,20,22). The number of thiol groups is 1. The molecule has 4 nitrogen and oxygen atoms in total. The molecule has 1 atom stereocenters. The average Bonchev–Trinajstić information content (AvgIpc) is 2.87. The van der Waals surface area contributed by atoms with Crippen molar-refractivity contribution < 1.29 is 9.59 Å². The number of hydrogen-bond acceptors (Lipinski definition) is 3. The van der Waals surface area contributed by atoms with Crippen molar-refractivity contribution in [1.82, 2.24) is 10.2 Å². The van der Waals surface area contributed by atoms with Gasteiger partial charge in [0.1, 0.15) is 0 Å². The van der Waals surface area contributed by atoms with Crippen LogP contribution in [0.4, 0.5) is 0 Å². The minimum absolute atomic E-state index is 0.0166. The van der Waals surface area contributed by atoms with E-state index >= 15 is 0 Å². The summed E-state index contributed by atoms with van der Waals surface area (Å²) >= 11 is 4.08. The largest absolute Gasteiger partial charge is 0.354 e. The van der Waals surface area contributed by atoms with Crippen LogP contribution in [0.2, 0.25) is 0 Å². The van der Waals surface area contributed by atoms with E-state index in [0.29, 0.717) is 25.3 Å². The lowest BCUT2D eigenvalue weighted by Gasteiger charge is -2.26. The Hall–Kier alpha value is -2.27. The third kappa shape index (κ3) is 3.46. The number of rotatable bonds is 6. The Morgan fingerprint density at radius 3 is 2.54 bits per heavy atom. The molecule has 0 spiro atoms. The second-order valence-corrected chi connectivity index (χ2v) is 6.25. The smallest absolute Gasteiger partial charge is 0.255 e. The summed E-state index contributed by atoms with van der Waals surface area (Å²) in [7, 11) is 0. The summed E-state index contributed by atoms with van der Waals surface area (Å²) in [6.07, 6.45) is 0.379. The van der Waals surface area contributed by atoms with E-state index in [1.807, 2.05) is 59.5 Å². The highest BCUT2D eigenvalue weighted by atomic mass is 32.1. The van der Waals surface area contributed by atoms with Gasteiger partial charge >= 0.3 is 0 Å². The number of nitrogens with one attached hydrogen (secondary N) is 1. The minimum atomic E-state index is -0.141. The predicted molar refractivity (Wildman–Crippen MR) is 97.0 cm³/mol. The van der Waals surface area contributed by atoms with Crippen molar-refractivity contribution in [1.29, 1.82) is 0 Å². The first-order chi connectivity index (χ1) is 11.7. The number of hydrogen-bond donors (Lipinski definition) is 2. The molecule has 2 amide bonds. The maximum atomic E-state index is 12.8. The van der Waals surface area contributed by atoms with E-state index in [-0.39, 0.29) is 17.9 Å². The van der Waals surface area contributed by atoms with Gasteiger partial charge in [0.2, 0.25) is 5.91 Å². The Bertz CT molecular complexity index is 733. The molecule has 0 saturated carbocycles. The molecule has 3 rings (SSSR count). The third-order valence-electron chi connectivity index (χ3n) is 4.21. The lowest BCUT2D eigenvalue weighted by molar-refractivity contribution is -0.120. The van der Waals surface area contributed by atoms with Gasteiger partial charge in [-0.1, -0.05) is 48.5 Å². The fraction of sp³-hybridized carbons (Fsp3) is 0.263. The van der Waals surface area contributed by atoms with Crippen LogP contribution >= 0.6 is 12.6 Å². The van der Waals surface area contributed by atoms with E-state index in [4.69, 9.17) is 0 Å². The Labute approximate surface area is 147 Å². The molecule has 0 aliphatic carbocycles. The monoisotopic (exact) mass is 340 g/mol. The van der Waals surface area contributed by atoms with Crippen LogP contribution in [0.1, 0.15) is 33.9 Å². The van der Waals surface area contributed by atoms with Crippen molar-refractivity contribution in [2.75, 3.05) is 12.3 Å². The number of carbonyl (C=O) groups is 2. The molecule has 0 saturated heterocycles. The number of fused-ring (bicyclic) bond motifs is 1. The SMILES string of the molecule is O=C(CCS)NCC1c2ccccc2C(=O)N1Cc1ccccc1. The maximum Gasteiger partial charge on any atom is 0.255 e. The van der Waals surface area contributed by atoms with Gasteiger partial charge in [-0.25, -0.2) is 0 Å². The van der Waals surface area contributed by atoms with Crippen LogP contribution < -0.4 is 5.32 Å². The molecule has 124 valence electrons. The summed E-state index contributed by atoms with van der Waals surface area (Å²) in [6, 6.07) is 17.4. The number of carbonyl (C=O) groups excluding carboxylic acids is 2. The molecule has 5 heteroatoms. The summed E-state index contributed by atoms with van der Waals surface area (Å²) in [5.41, 5.74) is 2.77. The fourth-order valence-corrected chi connectivity index (χ4v) is 3.23. The second-order valence-electron chi connectivity index (χ2n) is 5.80. The first-order valence-corrected chi connectivity index (χ1v) is 8.65. The Morgan fingerprint density at radius 2 is 1.79 bits per heavy atom.